The minimum Gasteiger partial charge on any atom is -0.207 e. The van der Waals surface area contributed by atoms with Gasteiger partial charge in [-0.05, 0) is 69.4 Å². The van der Waals surface area contributed by atoms with Gasteiger partial charge in [0.25, 0.3) is 36.2 Å². The summed E-state index contributed by atoms with van der Waals surface area (Å²) >= 11 is 3.13. The van der Waals surface area contributed by atoms with Gasteiger partial charge in [0.05, 0.1) is 19.6 Å². The zero-order chi connectivity index (χ0) is 23.4. The van der Waals surface area contributed by atoms with Crippen LogP contribution in [0, 0.1) is 7.14 Å². The maximum atomic E-state index is 12.2. The first-order valence-electron chi connectivity index (χ1n) is 6.70. The van der Waals surface area contributed by atoms with Crippen LogP contribution in [-0.4, -0.2) is 33.7 Å². The Bertz CT molecular complexity index is 1280. The molecule has 18 heteroatoms. The average Bonchev–Trinajstić information content (AvgIpc) is 2.50. The summed E-state index contributed by atoms with van der Waals surface area (Å²) in [5.74, 6) is 0. The second kappa shape index (κ2) is 8.90. The van der Waals surface area contributed by atoms with E-state index in [0.717, 1.165) is 24.3 Å². The van der Waals surface area contributed by atoms with E-state index in [1.165, 1.54) is 0 Å². The number of halogens is 6. The number of benzene rings is 2. The highest BCUT2D eigenvalue weighted by molar-refractivity contribution is 14.1. The fourth-order valence-electron chi connectivity index (χ4n) is 2.38. The number of hydrogen-bond donors (Lipinski definition) is 0. The molecule has 0 amide bonds. The van der Waals surface area contributed by atoms with Gasteiger partial charge in [0.15, 0.2) is 0 Å². The zero-order valence-corrected chi connectivity index (χ0v) is 24.1. The monoisotopic (exact) mass is 798 g/mol. The molecule has 2 aromatic rings. The Morgan fingerprint density at radius 3 is 0.767 bits per heavy atom. The molecule has 0 aliphatic rings. The molecule has 0 fully saturated rings. The quantitative estimate of drug-likeness (QED) is 0.324. The Hall–Kier alpha value is 0.860. The van der Waals surface area contributed by atoms with E-state index in [0.29, 0.717) is 0 Å². The van der Waals surface area contributed by atoms with E-state index in [2.05, 4.69) is 0 Å². The Morgan fingerprint density at radius 1 is 0.467 bits per heavy atom. The van der Waals surface area contributed by atoms with Crippen LogP contribution in [0.4, 0.5) is 0 Å². The molecule has 0 atom stereocenters. The Morgan fingerprint density at radius 2 is 0.633 bits per heavy atom. The Kier molecular flexibility index (Phi) is 8.04. The highest BCUT2D eigenvalue weighted by Gasteiger charge is 2.35. The second-order valence-corrected chi connectivity index (χ2v) is 17.9. The molecular weight excluding hydrogens is 796 g/mol. The molecule has 0 saturated heterocycles. The van der Waals surface area contributed by atoms with Gasteiger partial charge in [0.2, 0.25) is 0 Å². The van der Waals surface area contributed by atoms with Gasteiger partial charge in [-0.2, -0.15) is 0 Å². The maximum absolute atomic E-state index is 12.2. The van der Waals surface area contributed by atoms with Crippen LogP contribution in [0.5, 0.6) is 0 Å². The van der Waals surface area contributed by atoms with E-state index >= 15 is 0 Å². The highest BCUT2D eigenvalue weighted by atomic mass is 127. The van der Waals surface area contributed by atoms with Crippen molar-refractivity contribution in [2.24, 2.45) is 0 Å². The third kappa shape index (κ3) is 6.05. The molecular formula is C12H4Cl4I2O8S4. The molecule has 0 unspecified atom stereocenters. The predicted octanol–water partition coefficient (Wildman–Crippen LogP) is 4.27. The fraction of sp³-hybridized carbons (Fsp3) is 0. The van der Waals surface area contributed by atoms with E-state index in [4.69, 9.17) is 42.7 Å². The predicted molar refractivity (Wildman–Crippen MR) is 129 cm³/mol. The van der Waals surface area contributed by atoms with Crippen molar-refractivity contribution in [2.75, 3.05) is 0 Å². The lowest BCUT2D eigenvalue weighted by Crippen LogP contribution is -2.09. The lowest BCUT2D eigenvalue weighted by Gasteiger charge is -2.18. The lowest BCUT2D eigenvalue weighted by molar-refractivity contribution is 0.602. The van der Waals surface area contributed by atoms with Gasteiger partial charge in [-0.3, -0.25) is 0 Å². The largest absolute Gasteiger partial charge is 0.262 e. The van der Waals surface area contributed by atoms with Gasteiger partial charge in [-0.15, -0.1) is 0 Å². The Labute approximate surface area is 217 Å². The van der Waals surface area contributed by atoms with E-state index in [1.54, 1.807) is 45.2 Å². The number of hydrogen-bond acceptors (Lipinski definition) is 8. The van der Waals surface area contributed by atoms with Crippen LogP contribution in [0.25, 0.3) is 11.1 Å². The van der Waals surface area contributed by atoms with Crippen molar-refractivity contribution in [1.29, 1.82) is 0 Å². The molecule has 0 heterocycles. The third-order valence-corrected chi connectivity index (χ3v) is 9.99. The van der Waals surface area contributed by atoms with Crippen molar-refractivity contribution in [1.82, 2.24) is 0 Å². The van der Waals surface area contributed by atoms with E-state index in [-0.39, 0.29) is 7.14 Å². The summed E-state index contributed by atoms with van der Waals surface area (Å²) in [4.78, 5) is -3.67. The van der Waals surface area contributed by atoms with Crippen LogP contribution < -0.4 is 0 Å². The SMILES string of the molecule is O=S(=O)(Cl)c1cc(I)cc(S(=O)(=O)Cl)c1-c1c(S(=O)(=O)Cl)cc(I)cc1S(=O)(=O)Cl. The van der Waals surface area contributed by atoms with Gasteiger partial charge < -0.3 is 0 Å². The molecule has 0 aliphatic carbocycles. The van der Waals surface area contributed by atoms with Crippen molar-refractivity contribution >= 4 is 124 Å². The minimum atomic E-state index is -4.75. The summed E-state index contributed by atoms with van der Waals surface area (Å²) in [6.07, 6.45) is 0. The highest BCUT2D eigenvalue weighted by Crippen LogP contribution is 2.45. The molecule has 2 aromatic carbocycles. The van der Waals surface area contributed by atoms with Gasteiger partial charge in [-0.25, -0.2) is 33.7 Å². The molecule has 0 radical (unpaired) electrons. The van der Waals surface area contributed by atoms with E-state index in [9.17, 15) is 33.7 Å². The van der Waals surface area contributed by atoms with Crippen LogP contribution in [0.1, 0.15) is 0 Å². The van der Waals surface area contributed by atoms with Crippen LogP contribution in [0.15, 0.2) is 43.8 Å². The summed E-state index contributed by atoms with van der Waals surface area (Å²) in [6, 6.07) is 3.60. The van der Waals surface area contributed by atoms with Crippen molar-refractivity contribution in [3.63, 3.8) is 0 Å². The van der Waals surface area contributed by atoms with Crippen LogP contribution in [0.2, 0.25) is 0 Å². The summed E-state index contributed by atoms with van der Waals surface area (Å²) < 4.78 is 97.7. The van der Waals surface area contributed by atoms with Crippen molar-refractivity contribution in [3.05, 3.63) is 31.4 Å². The van der Waals surface area contributed by atoms with Crippen molar-refractivity contribution < 1.29 is 33.7 Å². The van der Waals surface area contributed by atoms with Gasteiger partial charge in [-0.1, -0.05) is 0 Å². The lowest BCUT2D eigenvalue weighted by atomic mass is 10.1. The fourth-order valence-corrected chi connectivity index (χ4v) is 8.95. The first-order chi connectivity index (χ1) is 13.2. The molecule has 30 heavy (non-hydrogen) atoms. The average molecular weight is 800 g/mol. The molecule has 0 N–H and O–H groups in total. The molecule has 2 rings (SSSR count). The standard InChI is InChI=1S/C12H4Cl4I2O8S4/c13-27(19,20)7-1-5(17)2-8(28(14,21)22)11(7)12-9(29(15,23)24)3-6(18)4-10(12)30(16,25)26/h1-4H. The van der Waals surface area contributed by atoms with Crippen LogP contribution in [0.3, 0.4) is 0 Å². The van der Waals surface area contributed by atoms with Gasteiger partial charge in [0.1, 0.15) is 0 Å². The smallest absolute Gasteiger partial charge is 0.207 e. The first kappa shape index (κ1) is 27.1. The summed E-state index contributed by atoms with van der Waals surface area (Å²) in [6.45, 7) is 0. The first-order valence-corrected chi connectivity index (χ1v) is 18.1. The summed E-state index contributed by atoms with van der Waals surface area (Å²) in [5.41, 5.74) is -1.81. The van der Waals surface area contributed by atoms with Crippen LogP contribution >= 0.6 is 87.9 Å². The van der Waals surface area contributed by atoms with E-state index < -0.39 is 66.9 Å². The number of rotatable bonds is 5. The molecule has 8 nitrogen and oxygen atoms in total. The second-order valence-electron chi connectivity index (χ2n) is 5.31. The molecule has 0 aromatic heterocycles. The molecule has 0 spiro atoms. The summed E-state index contributed by atoms with van der Waals surface area (Å²) in [5, 5.41) is 0. The van der Waals surface area contributed by atoms with Gasteiger partial charge in [0, 0.05) is 61.0 Å². The molecule has 166 valence electrons. The zero-order valence-electron chi connectivity index (χ0n) is 13.5. The van der Waals surface area contributed by atoms with Crippen LogP contribution in [-0.2, 0) is 36.2 Å². The van der Waals surface area contributed by atoms with E-state index in [1.807, 2.05) is 0 Å². The maximum Gasteiger partial charge on any atom is 0.262 e. The minimum absolute atomic E-state index is 0.0332. The molecule has 0 aliphatic heterocycles. The topological polar surface area (TPSA) is 137 Å². The van der Waals surface area contributed by atoms with Crippen molar-refractivity contribution in [2.45, 2.75) is 19.6 Å². The summed E-state index contributed by atoms with van der Waals surface area (Å²) in [7, 11) is 2.73. The third-order valence-electron chi connectivity index (χ3n) is 3.36. The van der Waals surface area contributed by atoms with Crippen molar-refractivity contribution in [3.8, 4) is 11.1 Å². The Balaban J connectivity index is 3.45. The normalized spacial score (nSPS) is 13.4. The molecule has 0 bridgehead atoms. The van der Waals surface area contributed by atoms with Gasteiger partial charge >= 0.3 is 0 Å². The molecule has 0 saturated carbocycles.